The number of carbonyl (C=O) groups is 1. The van der Waals surface area contributed by atoms with Crippen molar-refractivity contribution in [1.82, 2.24) is 5.32 Å². The number of rotatable bonds is 3. The number of ether oxygens (including phenoxy) is 2. The van der Waals surface area contributed by atoms with Crippen LogP contribution in [0.4, 0.5) is 0 Å². The third-order valence-corrected chi connectivity index (χ3v) is 7.40. The standard InChI is InChI=1S/C20H21NO5S/c1-12-4-7-14(8-5-12)27(23,24)18-16-11-20(2,21-19(18)22)26-17-10-13(25-3)6-9-15(16)17/h4-10,16,18H,11H2,1-3H3,(H,21,22)/t16-,18-,20-/m0/s1. The van der Waals surface area contributed by atoms with E-state index in [-0.39, 0.29) is 4.90 Å². The Morgan fingerprint density at radius 3 is 2.56 bits per heavy atom. The lowest BCUT2D eigenvalue weighted by Gasteiger charge is -2.46. The number of nitrogens with one attached hydrogen (secondary N) is 1. The zero-order valence-corrected chi connectivity index (χ0v) is 16.2. The number of carbonyl (C=O) groups excluding carboxylic acids is 1. The Bertz CT molecular complexity index is 1020. The van der Waals surface area contributed by atoms with Gasteiger partial charge in [-0.3, -0.25) is 4.79 Å². The molecule has 142 valence electrons. The van der Waals surface area contributed by atoms with Gasteiger partial charge in [0.15, 0.2) is 20.8 Å². The van der Waals surface area contributed by atoms with Gasteiger partial charge in [0.25, 0.3) is 0 Å². The van der Waals surface area contributed by atoms with Gasteiger partial charge in [-0.2, -0.15) is 0 Å². The second-order valence-corrected chi connectivity index (χ2v) is 9.38. The summed E-state index contributed by atoms with van der Waals surface area (Å²) in [6, 6.07) is 11.9. The first-order valence-corrected chi connectivity index (χ1v) is 10.3. The first kappa shape index (κ1) is 17.9. The molecule has 4 rings (SSSR count). The summed E-state index contributed by atoms with van der Waals surface area (Å²) in [4.78, 5) is 13.0. The molecule has 2 aliphatic heterocycles. The molecule has 1 saturated heterocycles. The maximum atomic E-state index is 13.3. The molecule has 1 amide bonds. The second-order valence-electron chi connectivity index (χ2n) is 7.32. The van der Waals surface area contributed by atoms with Crippen molar-refractivity contribution in [2.75, 3.05) is 7.11 Å². The highest BCUT2D eigenvalue weighted by atomic mass is 32.2. The lowest BCUT2D eigenvalue weighted by atomic mass is 9.81. The number of sulfone groups is 1. The fourth-order valence-corrected chi connectivity index (χ4v) is 5.77. The van der Waals surface area contributed by atoms with Gasteiger partial charge < -0.3 is 14.8 Å². The molecule has 0 aliphatic carbocycles. The topological polar surface area (TPSA) is 81.7 Å². The highest BCUT2D eigenvalue weighted by Gasteiger charge is 2.54. The van der Waals surface area contributed by atoms with Crippen LogP contribution in [0.3, 0.4) is 0 Å². The Hall–Kier alpha value is -2.54. The predicted molar refractivity (Wildman–Crippen MR) is 99.7 cm³/mol. The van der Waals surface area contributed by atoms with Crippen LogP contribution in [-0.2, 0) is 14.6 Å². The van der Waals surface area contributed by atoms with Crippen molar-refractivity contribution in [2.45, 2.75) is 42.1 Å². The molecule has 0 unspecified atom stereocenters. The van der Waals surface area contributed by atoms with Gasteiger partial charge in [0.1, 0.15) is 11.5 Å². The van der Waals surface area contributed by atoms with Gasteiger partial charge >= 0.3 is 0 Å². The lowest BCUT2D eigenvalue weighted by molar-refractivity contribution is -0.132. The van der Waals surface area contributed by atoms with Crippen LogP contribution in [-0.4, -0.2) is 32.4 Å². The minimum atomic E-state index is -3.86. The van der Waals surface area contributed by atoms with E-state index in [1.807, 2.05) is 6.92 Å². The Morgan fingerprint density at radius 1 is 1.19 bits per heavy atom. The molecule has 2 aromatic carbocycles. The highest BCUT2D eigenvalue weighted by molar-refractivity contribution is 7.92. The van der Waals surface area contributed by atoms with Crippen molar-refractivity contribution in [3.8, 4) is 11.5 Å². The van der Waals surface area contributed by atoms with Gasteiger partial charge in [0.05, 0.1) is 12.0 Å². The molecule has 2 bridgehead atoms. The summed E-state index contributed by atoms with van der Waals surface area (Å²) >= 11 is 0. The summed E-state index contributed by atoms with van der Waals surface area (Å²) < 4.78 is 37.9. The first-order chi connectivity index (χ1) is 12.7. The molecular weight excluding hydrogens is 366 g/mol. The number of fused-ring (bicyclic) bond motifs is 4. The van der Waals surface area contributed by atoms with Gasteiger partial charge in [0.2, 0.25) is 5.91 Å². The van der Waals surface area contributed by atoms with E-state index in [9.17, 15) is 13.2 Å². The summed E-state index contributed by atoms with van der Waals surface area (Å²) in [7, 11) is -2.31. The quantitative estimate of drug-likeness (QED) is 0.875. The summed E-state index contributed by atoms with van der Waals surface area (Å²) in [6.45, 7) is 3.65. The first-order valence-electron chi connectivity index (χ1n) is 8.73. The fourth-order valence-electron chi connectivity index (χ4n) is 3.94. The van der Waals surface area contributed by atoms with E-state index in [0.717, 1.165) is 5.56 Å². The molecule has 1 fully saturated rings. The van der Waals surface area contributed by atoms with Crippen LogP contribution < -0.4 is 14.8 Å². The van der Waals surface area contributed by atoms with Gasteiger partial charge in [0, 0.05) is 18.4 Å². The van der Waals surface area contributed by atoms with Gasteiger partial charge in [-0.15, -0.1) is 0 Å². The molecule has 6 nitrogen and oxygen atoms in total. The predicted octanol–water partition coefficient (Wildman–Crippen LogP) is 2.56. The summed E-state index contributed by atoms with van der Waals surface area (Å²) in [6.07, 6.45) is 0.383. The van der Waals surface area contributed by atoms with Crippen LogP contribution in [0.1, 0.15) is 30.4 Å². The zero-order chi connectivity index (χ0) is 19.4. The van der Waals surface area contributed by atoms with Gasteiger partial charge in [-0.25, -0.2) is 8.42 Å². The lowest BCUT2D eigenvalue weighted by Crippen LogP contribution is -2.63. The fraction of sp³-hybridized carbons (Fsp3) is 0.350. The third kappa shape index (κ3) is 2.86. The van der Waals surface area contributed by atoms with Crippen molar-refractivity contribution in [1.29, 1.82) is 0 Å². The van der Waals surface area contributed by atoms with E-state index in [2.05, 4.69) is 5.32 Å². The van der Waals surface area contributed by atoms with Crippen molar-refractivity contribution in [3.63, 3.8) is 0 Å². The average molecular weight is 387 g/mol. The molecule has 1 N–H and O–H groups in total. The second kappa shape index (κ2) is 5.99. The zero-order valence-electron chi connectivity index (χ0n) is 15.4. The van der Waals surface area contributed by atoms with Crippen LogP contribution in [0, 0.1) is 6.92 Å². The average Bonchev–Trinajstić information content (AvgIpc) is 2.60. The molecule has 27 heavy (non-hydrogen) atoms. The van der Waals surface area contributed by atoms with E-state index >= 15 is 0 Å². The number of piperidine rings is 1. The number of hydrogen-bond donors (Lipinski definition) is 1. The van der Waals surface area contributed by atoms with Crippen molar-refractivity contribution in [3.05, 3.63) is 53.6 Å². The van der Waals surface area contributed by atoms with Crippen LogP contribution in [0.15, 0.2) is 47.4 Å². The summed E-state index contributed by atoms with van der Waals surface area (Å²) in [5.74, 6) is 0.124. The van der Waals surface area contributed by atoms with E-state index < -0.39 is 32.6 Å². The van der Waals surface area contributed by atoms with Gasteiger partial charge in [-0.1, -0.05) is 23.8 Å². The minimum absolute atomic E-state index is 0.151. The largest absolute Gasteiger partial charge is 0.497 e. The maximum Gasteiger partial charge on any atom is 0.242 e. The van der Waals surface area contributed by atoms with E-state index in [0.29, 0.717) is 23.5 Å². The Kier molecular flexibility index (Phi) is 3.96. The Balaban J connectivity index is 1.84. The van der Waals surface area contributed by atoms with Crippen LogP contribution in [0.2, 0.25) is 0 Å². The molecule has 2 aliphatic rings. The number of aryl methyl sites for hydroxylation is 1. The molecule has 2 aromatic rings. The van der Waals surface area contributed by atoms with E-state index in [1.165, 1.54) is 0 Å². The molecule has 0 radical (unpaired) electrons. The minimum Gasteiger partial charge on any atom is -0.497 e. The normalized spacial score (nSPS) is 26.6. The molecule has 7 heteroatoms. The SMILES string of the molecule is COc1ccc2c(c1)O[C@@]1(C)C[C@@H]2[C@H](S(=O)(=O)c2ccc(C)cc2)C(=O)N1. The number of hydrogen-bond acceptors (Lipinski definition) is 5. The van der Waals surface area contributed by atoms with Crippen molar-refractivity contribution < 1.29 is 22.7 Å². The molecule has 3 atom stereocenters. The summed E-state index contributed by atoms with van der Waals surface area (Å²) in [5.41, 5.74) is 0.724. The Morgan fingerprint density at radius 2 is 1.89 bits per heavy atom. The maximum absolute atomic E-state index is 13.3. The number of amides is 1. The number of methoxy groups -OCH3 is 1. The smallest absolute Gasteiger partial charge is 0.242 e. The molecule has 0 saturated carbocycles. The summed E-state index contributed by atoms with van der Waals surface area (Å²) in [5, 5.41) is 1.55. The highest BCUT2D eigenvalue weighted by Crippen LogP contribution is 2.48. The molecule has 0 aromatic heterocycles. The van der Waals surface area contributed by atoms with Gasteiger partial charge in [-0.05, 0) is 37.6 Å². The molecule has 0 spiro atoms. The van der Waals surface area contributed by atoms with E-state index in [4.69, 9.17) is 9.47 Å². The molecular formula is C20H21NO5S. The number of benzene rings is 2. The third-order valence-electron chi connectivity index (χ3n) is 5.26. The molecule has 2 heterocycles. The monoisotopic (exact) mass is 387 g/mol. The Labute approximate surface area is 158 Å². The van der Waals surface area contributed by atoms with Crippen LogP contribution >= 0.6 is 0 Å². The van der Waals surface area contributed by atoms with Crippen LogP contribution in [0.25, 0.3) is 0 Å². The van der Waals surface area contributed by atoms with Crippen molar-refractivity contribution >= 4 is 15.7 Å². The van der Waals surface area contributed by atoms with Crippen LogP contribution in [0.5, 0.6) is 11.5 Å². The van der Waals surface area contributed by atoms with Crippen molar-refractivity contribution in [2.24, 2.45) is 0 Å². The van der Waals surface area contributed by atoms with E-state index in [1.54, 1.807) is 56.5 Å².